The van der Waals surface area contributed by atoms with Crippen LogP contribution in [0.2, 0.25) is 0 Å². The van der Waals surface area contributed by atoms with E-state index in [4.69, 9.17) is 4.74 Å². The van der Waals surface area contributed by atoms with Gasteiger partial charge in [0.05, 0.1) is 22.6 Å². The number of hydrogen-bond donors (Lipinski definition) is 0. The smallest absolute Gasteiger partial charge is 0.216 e. The molecule has 1 aliphatic heterocycles. The van der Waals surface area contributed by atoms with E-state index in [9.17, 15) is 8.42 Å². The van der Waals surface area contributed by atoms with Crippen molar-refractivity contribution in [1.82, 2.24) is 14.2 Å². The molecular formula is C14H25N3O3S2. The van der Waals surface area contributed by atoms with Crippen LogP contribution in [-0.4, -0.2) is 67.8 Å². The number of nitrogens with zero attached hydrogens (tertiary/aromatic N) is 3. The second-order valence-corrected chi connectivity index (χ2v) is 8.79. The van der Waals surface area contributed by atoms with Gasteiger partial charge in [-0.3, -0.25) is 4.90 Å². The normalized spacial score (nSPS) is 20.0. The second-order valence-electron chi connectivity index (χ2n) is 5.71. The van der Waals surface area contributed by atoms with E-state index in [0.717, 1.165) is 36.8 Å². The van der Waals surface area contributed by atoms with Crippen molar-refractivity contribution in [2.24, 2.45) is 0 Å². The Hall–Kier alpha value is -0.540. The summed E-state index contributed by atoms with van der Waals surface area (Å²) in [7, 11) is -1.70. The van der Waals surface area contributed by atoms with Crippen molar-refractivity contribution in [1.29, 1.82) is 0 Å². The number of thiazole rings is 1. The Morgan fingerprint density at radius 1 is 1.36 bits per heavy atom. The van der Waals surface area contributed by atoms with Gasteiger partial charge in [0.1, 0.15) is 0 Å². The Bertz CT molecular complexity index is 574. The number of ether oxygens (including phenoxy) is 1. The molecule has 1 aromatic rings. The van der Waals surface area contributed by atoms with E-state index in [1.165, 1.54) is 0 Å². The van der Waals surface area contributed by atoms with Gasteiger partial charge in [-0.25, -0.2) is 17.7 Å². The summed E-state index contributed by atoms with van der Waals surface area (Å²) in [6, 6.07) is 0. The van der Waals surface area contributed by atoms with Crippen molar-refractivity contribution < 1.29 is 13.2 Å². The summed E-state index contributed by atoms with van der Waals surface area (Å²) in [5.74, 6) is 0.0504. The van der Waals surface area contributed by atoms with Crippen LogP contribution in [0.3, 0.4) is 0 Å². The SMILES string of the molecule is CO[C@H](C)CS(=O)(=O)N1CCCN(Cc2csc(C)n2)CC1. The van der Waals surface area contributed by atoms with E-state index in [1.54, 1.807) is 29.7 Å². The van der Waals surface area contributed by atoms with Crippen LogP contribution in [0.15, 0.2) is 5.38 Å². The highest BCUT2D eigenvalue weighted by atomic mass is 32.2. The summed E-state index contributed by atoms with van der Waals surface area (Å²) in [5, 5.41) is 3.15. The van der Waals surface area contributed by atoms with Crippen LogP contribution in [0.25, 0.3) is 0 Å². The van der Waals surface area contributed by atoms with Crippen molar-refractivity contribution in [2.75, 3.05) is 39.0 Å². The van der Waals surface area contributed by atoms with Crippen LogP contribution >= 0.6 is 11.3 Å². The number of sulfonamides is 1. The third kappa shape index (κ3) is 4.99. The lowest BCUT2D eigenvalue weighted by atomic mass is 10.3. The summed E-state index contributed by atoms with van der Waals surface area (Å²) >= 11 is 1.65. The minimum atomic E-state index is -3.24. The highest BCUT2D eigenvalue weighted by molar-refractivity contribution is 7.89. The van der Waals surface area contributed by atoms with Crippen LogP contribution in [0.5, 0.6) is 0 Å². The van der Waals surface area contributed by atoms with Gasteiger partial charge in [-0.2, -0.15) is 0 Å². The van der Waals surface area contributed by atoms with Crippen LogP contribution in [0, 0.1) is 6.92 Å². The predicted octanol–water partition coefficient (Wildman–Crippen LogP) is 1.32. The Kier molecular flexibility index (Phi) is 6.34. The molecular weight excluding hydrogens is 322 g/mol. The van der Waals surface area contributed by atoms with Crippen molar-refractivity contribution >= 4 is 21.4 Å². The molecule has 2 rings (SSSR count). The molecule has 8 heteroatoms. The highest BCUT2D eigenvalue weighted by Gasteiger charge is 2.27. The molecule has 2 heterocycles. The number of methoxy groups -OCH3 is 1. The molecule has 1 aromatic heterocycles. The lowest BCUT2D eigenvalue weighted by molar-refractivity contribution is 0.135. The topological polar surface area (TPSA) is 62.7 Å². The minimum Gasteiger partial charge on any atom is -0.381 e. The Morgan fingerprint density at radius 2 is 2.14 bits per heavy atom. The molecule has 1 aliphatic rings. The molecule has 0 N–H and O–H groups in total. The predicted molar refractivity (Wildman–Crippen MR) is 88.6 cm³/mol. The second kappa shape index (κ2) is 7.83. The summed E-state index contributed by atoms with van der Waals surface area (Å²) in [6.45, 7) is 7.37. The third-order valence-electron chi connectivity index (χ3n) is 3.84. The molecule has 1 fully saturated rings. The molecule has 1 atom stereocenters. The quantitative estimate of drug-likeness (QED) is 0.777. The average molecular weight is 348 g/mol. The fraction of sp³-hybridized carbons (Fsp3) is 0.786. The van der Waals surface area contributed by atoms with Gasteiger partial charge >= 0.3 is 0 Å². The average Bonchev–Trinajstić information content (AvgIpc) is 2.72. The Labute approximate surface area is 137 Å². The fourth-order valence-electron chi connectivity index (χ4n) is 2.56. The van der Waals surface area contributed by atoms with Crippen LogP contribution < -0.4 is 0 Å². The first-order valence-corrected chi connectivity index (χ1v) is 10.0. The zero-order valence-electron chi connectivity index (χ0n) is 13.5. The molecule has 0 saturated carbocycles. The maximum absolute atomic E-state index is 12.4. The van der Waals surface area contributed by atoms with Gasteiger partial charge in [0.25, 0.3) is 0 Å². The molecule has 0 bridgehead atoms. The molecule has 0 spiro atoms. The van der Waals surface area contributed by atoms with Gasteiger partial charge in [-0.1, -0.05) is 0 Å². The maximum atomic E-state index is 12.4. The lowest BCUT2D eigenvalue weighted by Crippen LogP contribution is -2.39. The molecule has 0 amide bonds. The van der Waals surface area contributed by atoms with Gasteiger partial charge in [0.2, 0.25) is 10.0 Å². The van der Waals surface area contributed by atoms with Gasteiger partial charge in [-0.05, 0) is 26.8 Å². The van der Waals surface area contributed by atoms with Crippen molar-refractivity contribution in [2.45, 2.75) is 32.9 Å². The zero-order valence-corrected chi connectivity index (χ0v) is 15.1. The van der Waals surface area contributed by atoms with Gasteiger partial charge in [0.15, 0.2) is 0 Å². The molecule has 22 heavy (non-hydrogen) atoms. The van der Waals surface area contributed by atoms with E-state index in [1.807, 2.05) is 6.92 Å². The van der Waals surface area contributed by atoms with Gasteiger partial charge < -0.3 is 4.74 Å². The molecule has 0 aromatic carbocycles. The van der Waals surface area contributed by atoms with Gasteiger partial charge in [-0.15, -0.1) is 11.3 Å². The Morgan fingerprint density at radius 3 is 2.77 bits per heavy atom. The molecule has 1 saturated heterocycles. The summed E-state index contributed by atoms with van der Waals surface area (Å²) < 4.78 is 31.5. The lowest BCUT2D eigenvalue weighted by Gasteiger charge is -2.22. The van der Waals surface area contributed by atoms with E-state index in [-0.39, 0.29) is 11.9 Å². The fourth-order valence-corrected chi connectivity index (χ4v) is 4.87. The first kappa shape index (κ1) is 17.8. The number of hydrogen-bond acceptors (Lipinski definition) is 6. The standard InChI is InChI=1S/C14H25N3O3S2/c1-12(20-3)11-22(18,19)17-6-4-5-16(7-8-17)9-14-10-21-13(2)15-14/h10,12H,4-9,11H2,1-3H3/t12-/m1/s1. The van der Waals surface area contributed by atoms with E-state index in [2.05, 4.69) is 15.3 Å². The molecule has 126 valence electrons. The van der Waals surface area contributed by atoms with Crippen molar-refractivity contribution in [3.05, 3.63) is 16.1 Å². The first-order chi connectivity index (χ1) is 10.4. The van der Waals surface area contributed by atoms with Crippen molar-refractivity contribution in [3.63, 3.8) is 0 Å². The molecule has 0 aliphatic carbocycles. The molecule has 0 radical (unpaired) electrons. The number of aromatic nitrogens is 1. The van der Waals surface area contributed by atoms with Crippen molar-refractivity contribution in [3.8, 4) is 0 Å². The molecule has 0 unspecified atom stereocenters. The van der Waals surface area contributed by atoms with E-state index in [0.29, 0.717) is 13.1 Å². The first-order valence-electron chi connectivity index (χ1n) is 7.54. The maximum Gasteiger partial charge on any atom is 0.216 e. The monoisotopic (exact) mass is 347 g/mol. The third-order valence-corrected chi connectivity index (χ3v) is 6.71. The summed E-state index contributed by atoms with van der Waals surface area (Å²) in [5.41, 5.74) is 1.08. The van der Waals surface area contributed by atoms with Crippen LogP contribution in [0.4, 0.5) is 0 Å². The Balaban J connectivity index is 1.91. The van der Waals surface area contributed by atoms with Crippen LogP contribution in [0.1, 0.15) is 24.0 Å². The zero-order chi connectivity index (χ0) is 16.2. The summed E-state index contributed by atoms with van der Waals surface area (Å²) in [4.78, 5) is 6.76. The van der Waals surface area contributed by atoms with E-state index < -0.39 is 10.0 Å². The van der Waals surface area contributed by atoms with Crippen LogP contribution in [-0.2, 0) is 21.3 Å². The number of aryl methyl sites for hydroxylation is 1. The van der Waals surface area contributed by atoms with Gasteiger partial charge in [0, 0.05) is 38.7 Å². The summed E-state index contributed by atoms with van der Waals surface area (Å²) in [6.07, 6.45) is 0.575. The van der Waals surface area contributed by atoms with E-state index >= 15 is 0 Å². The highest BCUT2D eigenvalue weighted by Crippen LogP contribution is 2.14. The minimum absolute atomic E-state index is 0.0504. The molecule has 6 nitrogen and oxygen atoms in total. The number of rotatable bonds is 6. The largest absolute Gasteiger partial charge is 0.381 e.